The number of sulfonamides is 1. The summed E-state index contributed by atoms with van der Waals surface area (Å²) in [5.74, 6) is 0.488. The third kappa shape index (κ3) is 4.25. The van der Waals surface area contributed by atoms with Gasteiger partial charge >= 0.3 is 0 Å². The van der Waals surface area contributed by atoms with Gasteiger partial charge in [0.15, 0.2) is 0 Å². The number of amides is 1. The van der Waals surface area contributed by atoms with Gasteiger partial charge < -0.3 is 5.32 Å². The van der Waals surface area contributed by atoms with E-state index in [1.165, 1.54) is 28.2 Å². The SMILES string of the molecule is Cc1nc(SC(C)C(=O)Nc2ccc(S(=O)(=O)N3CCCC3)cc2)n[nH]1. The van der Waals surface area contributed by atoms with Gasteiger partial charge in [-0.25, -0.2) is 13.4 Å². The number of nitrogens with zero attached hydrogens (tertiary/aromatic N) is 3. The van der Waals surface area contributed by atoms with E-state index >= 15 is 0 Å². The molecule has 1 saturated heterocycles. The smallest absolute Gasteiger partial charge is 0.243 e. The van der Waals surface area contributed by atoms with Crippen molar-refractivity contribution in [3.8, 4) is 0 Å². The zero-order valence-electron chi connectivity index (χ0n) is 14.6. The van der Waals surface area contributed by atoms with E-state index in [-0.39, 0.29) is 10.8 Å². The Balaban J connectivity index is 1.62. The number of nitrogens with one attached hydrogen (secondary N) is 2. The molecule has 10 heteroatoms. The molecule has 0 bridgehead atoms. The number of aryl methyl sites for hydroxylation is 1. The van der Waals surface area contributed by atoms with Crippen LogP contribution in [-0.4, -0.2) is 52.2 Å². The zero-order valence-corrected chi connectivity index (χ0v) is 16.2. The molecule has 3 rings (SSSR count). The summed E-state index contributed by atoms with van der Waals surface area (Å²) >= 11 is 1.25. The zero-order chi connectivity index (χ0) is 18.7. The summed E-state index contributed by atoms with van der Waals surface area (Å²) in [6.07, 6.45) is 1.79. The van der Waals surface area contributed by atoms with Gasteiger partial charge in [0.25, 0.3) is 0 Å². The number of carbonyl (C=O) groups is 1. The van der Waals surface area contributed by atoms with Crippen molar-refractivity contribution < 1.29 is 13.2 Å². The van der Waals surface area contributed by atoms with Crippen LogP contribution in [-0.2, 0) is 14.8 Å². The van der Waals surface area contributed by atoms with Crippen molar-refractivity contribution in [1.29, 1.82) is 0 Å². The van der Waals surface area contributed by atoms with E-state index in [4.69, 9.17) is 0 Å². The molecule has 140 valence electrons. The highest BCUT2D eigenvalue weighted by Crippen LogP contribution is 2.23. The van der Waals surface area contributed by atoms with Crippen molar-refractivity contribution >= 4 is 33.4 Å². The lowest BCUT2D eigenvalue weighted by Gasteiger charge is -2.16. The summed E-state index contributed by atoms with van der Waals surface area (Å²) in [5.41, 5.74) is 0.550. The molecule has 1 aliphatic rings. The molecule has 1 unspecified atom stereocenters. The quantitative estimate of drug-likeness (QED) is 0.725. The third-order valence-corrected chi connectivity index (χ3v) is 6.93. The van der Waals surface area contributed by atoms with E-state index in [9.17, 15) is 13.2 Å². The molecule has 0 saturated carbocycles. The van der Waals surface area contributed by atoms with Crippen LogP contribution in [0.4, 0.5) is 5.69 Å². The Morgan fingerprint density at radius 2 is 1.92 bits per heavy atom. The molecule has 26 heavy (non-hydrogen) atoms. The lowest BCUT2D eigenvalue weighted by molar-refractivity contribution is -0.115. The normalized spacial score (nSPS) is 16.5. The number of hydrogen-bond donors (Lipinski definition) is 2. The fourth-order valence-electron chi connectivity index (χ4n) is 2.62. The summed E-state index contributed by atoms with van der Waals surface area (Å²) in [6.45, 7) is 4.68. The van der Waals surface area contributed by atoms with E-state index in [0.29, 0.717) is 29.8 Å². The largest absolute Gasteiger partial charge is 0.325 e. The minimum atomic E-state index is -3.44. The van der Waals surface area contributed by atoms with Crippen LogP contribution in [0.1, 0.15) is 25.6 Å². The number of carbonyl (C=O) groups excluding carboxylic acids is 1. The van der Waals surface area contributed by atoms with Gasteiger partial charge in [0, 0.05) is 18.8 Å². The van der Waals surface area contributed by atoms with Crippen LogP contribution in [0.25, 0.3) is 0 Å². The number of aromatic nitrogens is 3. The van der Waals surface area contributed by atoms with E-state index < -0.39 is 15.3 Å². The second-order valence-corrected chi connectivity index (χ2v) is 9.33. The Labute approximate surface area is 156 Å². The molecular formula is C16H21N5O3S2. The summed E-state index contributed by atoms with van der Waals surface area (Å²) < 4.78 is 26.5. The third-order valence-electron chi connectivity index (χ3n) is 4.05. The van der Waals surface area contributed by atoms with Crippen LogP contribution >= 0.6 is 11.8 Å². The van der Waals surface area contributed by atoms with Gasteiger partial charge in [0.1, 0.15) is 5.82 Å². The van der Waals surface area contributed by atoms with Crippen molar-refractivity contribution in [3.63, 3.8) is 0 Å². The molecular weight excluding hydrogens is 374 g/mol. The summed E-state index contributed by atoms with van der Waals surface area (Å²) in [5, 5.41) is 9.63. The van der Waals surface area contributed by atoms with Crippen molar-refractivity contribution in [2.45, 2.75) is 42.0 Å². The molecule has 1 fully saturated rings. The van der Waals surface area contributed by atoms with Crippen molar-refractivity contribution in [1.82, 2.24) is 19.5 Å². The maximum atomic E-state index is 12.5. The monoisotopic (exact) mass is 395 g/mol. The molecule has 2 N–H and O–H groups in total. The maximum absolute atomic E-state index is 12.5. The Morgan fingerprint density at radius 1 is 1.27 bits per heavy atom. The number of anilines is 1. The average Bonchev–Trinajstić information content (AvgIpc) is 3.27. The molecule has 8 nitrogen and oxygen atoms in total. The first-order chi connectivity index (χ1) is 12.4. The highest BCUT2D eigenvalue weighted by molar-refractivity contribution is 8.00. The van der Waals surface area contributed by atoms with Crippen LogP contribution in [0.3, 0.4) is 0 Å². The fraction of sp³-hybridized carbons (Fsp3) is 0.438. The molecule has 1 atom stereocenters. The minimum absolute atomic E-state index is 0.201. The molecule has 0 radical (unpaired) electrons. The lowest BCUT2D eigenvalue weighted by Crippen LogP contribution is -2.27. The van der Waals surface area contributed by atoms with Crippen LogP contribution in [0.2, 0.25) is 0 Å². The van der Waals surface area contributed by atoms with Gasteiger partial charge in [-0.3, -0.25) is 9.89 Å². The number of rotatable bonds is 6. The van der Waals surface area contributed by atoms with Crippen LogP contribution in [0.5, 0.6) is 0 Å². The second-order valence-electron chi connectivity index (χ2n) is 6.09. The number of H-pyrrole nitrogens is 1. The van der Waals surface area contributed by atoms with Gasteiger partial charge in [0.2, 0.25) is 21.1 Å². The maximum Gasteiger partial charge on any atom is 0.243 e. The number of benzene rings is 1. The second kappa shape index (κ2) is 7.77. The number of thioether (sulfide) groups is 1. The van der Waals surface area contributed by atoms with E-state index in [2.05, 4.69) is 20.5 Å². The van der Waals surface area contributed by atoms with E-state index in [1.807, 2.05) is 0 Å². The average molecular weight is 396 g/mol. The van der Waals surface area contributed by atoms with Gasteiger partial charge in [0.05, 0.1) is 10.1 Å². The predicted molar refractivity (Wildman–Crippen MR) is 99.5 cm³/mol. The molecule has 1 aromatic carbocycles. The van der Waals surface area contributed by atoms with Crippen LogP contribution in [0.15, 0.2) is 34.3 Å². The van der Waals surface area contributed by atoms with E-state index in [1.54, 1.807) is 26.0 Å². The molecule has 2 aromatic rings. The number of aromatic amines is 1. The summed E-state index contributed by atoms with van der Waals surface area (Å²) in [4.78, 5) is 16.7. The van der Waals surface area contributed by atoms with E-state index in [0.717, 1.165) is 12.8 Å². The molecule has 0 spiro atoms. The van der Waals surface area contributed by atoms with Gasteiger partial charge in [-0.1, -0.05) is 11.8 Å². The molecule has 0 aliphatic carbocycles. The predicted octanol–water partition coefficient (Wildman–Crippen LogP) is 2.02. The Morgan fingerprint density at radius 3 is 2.50 bits per heavy atom. The first kappa shape index (κ1) is 18.9. The first-order valence-electron chi connectivity index (χ1n) is 8.33. The van der Waals surface area contributed by atoms with Crippen molar-refractivity contribution in [3.05, 3.63) is 30.1 Å². The molecule has 1 aliphatic heterocycles. The Hall–Kier alpha value is -1.91. The molecule has 1 aromatic heterocycles. The first-order valence-corrected chi connectivity index (χ1v) is 10.6. The fourth-order valence-corrected chi connectivity index (χ4v) is 4.91. The van der Waals surface area contributed by atoms with Gasteiger partial charge in [-0.15, -0.1) is 5.10 Å². The van der Waals surface area contributed by atoms with Gasteiger partial charge in [-0.2, -0.15) is 4.31 Å². The lowest BCUT2D eigenvalue weighted by atomic mass is 10.3. The highest BCUT2D eigenvalue weighted by atomic mass is 32.2. The highest BCUT2D eigenvalue weighted by Gasteiger charge is 2.27. The van der Waals surface area contributed by atoms with Crippen molar-refractivity contribution in [2.24, 2.45) is 0 Å². The van der Waals surface area contributed by atoms with Crippen LogP contribution in [0, 0.1) is 6.92 Å². The van der Waals surface area contributed by atoms with Crippen LogP contribution < -0.4 is 5.32 Å². The summed E-state index contributed by atoms with van der Waals surface area (Å²) in [6, 6.07) is 6.27. The molecule has 1 amide bonds. The molecule has 2 heterocycles. The number of hydrogen-bond acceptors (Lipinski definition) is 6. The Bertz CT molecular complexity index is 874. The standard InChI is InChI=1S/C16H21N5O3S2/c1-11(25-16-17-12(2)19-20-16)15(22)18-13-5-7-14(8-6-13)26(23,24)21-9-3-4-10-21/h5-8,11H,3-4,9-10H2,1-2H3,(H,18,22)(H,17,19,20). The minimum Gasteiger partial charge on any atom is -0.325 e. The van der Waals surface area contributed by atoms with Gasteiger partial charge in [-0.05, 0) is 51.0 Å². The van der Waals surface area contributed by atoms with Crippen molar-refractivity contribution in [2.75, 3.05) is 18.4 Å². The Kier molecular flexibility index (Phi) is 5.64. The topological polar surface area (TPSA) is 108 Å². The summed E-state index contributed by atoms with van der Waals surface area (Å²) in [7, 11) is -3.44.